The van der Waals surface area contributed by atoms with Crippen LogP contribution >= 0.6 is 0 Å². The Bertz CT molecular complexity index is 567. The first-order valence-electron chi connectivity index (χ1n) is 5.91. The van der Waals surface area contributed by atoms with Crippen LogP contribution in [0.1, 0.15) is 12.5 Å². The molecule has 0 radical (unpaired) electrons. The summed E-state index contributed by atoms with van der Waals surface area (Å²) in [5.41, 5.74) is 5.92. The van der Waals surface area contributed by atoms with Gasteiger partial charge in [-0.25, -0.2) is 4.98 Å². The molecule has 2 rings (SSSR count). The first-order chi connectivity index (χ1) is 9.20. The zero-order valence-corrected chi connectivity index (χ0v) is 10.6. The van der Waals surface area contributed by atoms with Gasteiger partial charge < -0.3 is 15.2 Å². The number of pyridine rings is 1. The van der Waals surface area contributed by atoms with Crippen LogP contribution in [0.2, 0.25) is 0 Å². The number of nitrogens with zero attached hydrogens (tertiary/aromatic N) is 1. The monoisotopic (exact) mass is 257 g/mol. The van der Waals surface area contributed by atoms with Gasteiger partial charge in [-0.1, -0.05) is 12.1 Å². The summed E-state index contributed by atoms with van der Waals surface area (Å²) >= 11 is 0. The molecule has 0 aliphatic rings. The number of hydrogen-bond acceptors (Lipinski definition) is 4. The highest BCUT2D eigenvalue weighted by Gasteiger charge is 2.06. The lowest BCUT2D eigenvalue weighted by Crippen LogP contribution is -2.11. The number of benzene rings is 1. The average molecular weight is 257 g/mol. The van der Waals surface area contributed by atoms with Crippen molar-refractivity contribution in [3.05, 3.63) is 48.2 Å². The van der Waals surface area contributed by atoms with Gasteiger partial charge in [0.05, 0.1) is 6.61 Å². The van der Waals surface area contributed by atoms with Gasteiger partial charge in [-0.2, -0.15) is 0 Å². The number of hydrogen-bond donors (Lipinski definition) is 2. The Morgan fingerprint density at radius 3 is 2.53 bits per heavy atom. The molecule has 3 N–H and O–H groups in total. The molecule has 0 saturated heterocycles. The average Bonchev–Trinajstić information content (AvgIpc) is 2.42. The maximum Gasteiger partial charge on any atom is 0.219 e. The Morgan fingerprint density at radius 1 is 1.21 bits per heavy atom. The van der Waals surface area contributed by atoms with Crippen LogP contribution in [0.25, 0.3) is 0 Å². The molecule has 98 valence electrons. The van der Waals surface area contributed by atoms with Gasteiger partial charge in [0.2, 0.25) is 5.88 Å². The van der Waals surface area contributed by atoms with Crippen molar-refractivity contribution in [2.75, 3.05) is 6.61 Å². The van der Waals surface area contributed by atoms with Crippen molar-refractivity contribution in [3.8, 4) is 17.4 Å². The van der Waals surface area contributed by atoms with E-state index in [1.807, 2.05) is 31.2 Å². The smallest absolute Gasteiger partial charge is 0.219 e. The second-order valence-corrected chi connectivity index (χ2v) is 3.78. The summed E-state index contributed by atoms with van der Waals surface area (Å²) < 4.78 is 11.1. The third kappa shape index (κ3) is 3.22. The molecule has 0 saturated carbocycles. The molecule has 0 fully saturated rings. The van der Waals surface area contributed by atoms with Crippen LogP contribution in [0.15, 0.2) is 42.6 Å². The quantitative estimate of drug-likeness (QED) is 0.637. The van der Waals surface area contributed by atoms with Crippen LogP contribution in [0, 0.1) is 5.41 Å². The highest BCUT2D eigenvalue weighted by atomic mass is 16.5. The summed E-state index contributed by atoms with van der Waals surface area (Å²) in [4.78, 5) is 4.10. The molecule has 19 heavy (non-hydrogen) atoms. The number of nitrogens with two attached hydrogens (primary N) is 1. The van der Waals surface area contributed by atoms with Gasteiger partial charge in [0, 0.05) is 17.8 Å². The highest BCUT2D eigenvalue weighted by Crippen LogP contribution is 2.30. The number of para-hydroxylation sites is 2. The van der Waals surface area contributed by atoms with Crippen molar-refractivity contribution < 1.29 is 9.47 Å². The Balaban J connectivity index is 2.19. The van der Waals surface area contributed by atoms with E-state index in [4.69, 9.17) is 20.6 Å². The fraction of sp³-hybridized carbons (Fsp3) is 0.143. The Morgan fingerprint density at radius 2 is 1.95 bits per heavy atom. The minimum Gasteiger partial charge on any atom is -0.490 e. The van der Waals surface area contributed by atoms with Crippen molar-refractivity contribution in [2.24, 2.45) is 5.73 Å². The van der Waals surface area contributed by atoms with Crippen molar-refractivity contribution in [1.29, 1.82) is 5.41 Å². The van der Waals surface area contributed by atoms with Crippen LogP contribution in [0.3, 0.4) is 0 Å². The van der Waals surface area contributed by atoms with Gasteiger partial charge in [0.25, 0.3) is 0 Å². The lowest BCUT2D eigenvalue weighted by Gasteiger charge is -2.10. The Hall–Kier alpha value is -2.56. The second kappa shape index (κ2) is 5.86. The van der Waals surface area contributed by atoms with Gasteiger partial charge in [0.15, 0.2) is 11.5 Å². The predicted octanol–water partition coefficient (Wildman–Crippen LogP) is 2.56. The topological polar surface area (TPSA) is 81.2 Å². The standard InChI is InChI=1S/C14H15N3O2/c1-2-18-11-5-3-4-6-12(11)19-13-8-7-10(9-17-13)14(15)16/h3-9H,2H2,1H3,(H3,15,16). The van der Waals surface area contributed by atoms with Crippen molar-refractivity contribution in [1.82, 2.24) is 4.98 Å². The van der Waals surface area contributed by atoms with Crippen LogP contribution in [-0.4, -0.2) is 17.4 Å². The summed E-state index contributed by atoms with van der Waals surface area (Å²) in [6.07, 6.45) is 1.50. The largest absolute Gasteiger partial charge is 0.490 e. The fourth-order valence-electron chi connectivity index (χ4n) is 1.52. The van der Waals surface area contributed by atoms with E-state index in [0.717, 1.165) is 0 Å². The van der Waals surface area contributed by atoms with E-state index in [1.165, 1.54) is 6.20 Å². The van der Waals surface area contributed by atoms with Crippen LogP contribution in [0.4, 0.5) is 0 Å². The summed E-state index contributed by atoms with van der Waals surface area (Å²) in [6, 6.07) is 10.7. The molecular weight excluding hydrogens is 242 g/mol. The Labute approximate surface area is 111 Å². The minimum atomic E-state index is -0.0197. The van der Waals surface area contributed by atoms with Gasteiger partial charge in [-0.3, -0.25) is 5.41 Å². The summed E-state index contributed by atoms with van der Waals surface area (Å²) in [6.45, 7) is 2.48. The maximum atomic E-state index is 7.29. The second-order valence-electron chi connectivity index (χ2n) is 3.78. The molecule has 0 aliphatic carbocycles. The molecule has 0 unspecified atom stereocenters. The lowest BCUT2D eigenvalue weighted by molar-refractivity contribution is 0.319. The molecule has 1 aromatic heterocycles. The van der Waals surface area contributed by atoms with Crippen LogP contribution in [-0.2, 0) is 0 Å². The number of ether oxygens (including phenoxy) is 2. The first kappa shape index (κ1) is 12.9. The third-order valence-electron chi connectivity index (χ3n) is 2.41. The highest BCUT2D eigenvalue weighted by molar-refractivity contribution is 5.94. The van der Waals surface area contributed by atoms with Gasteiger partial charge in [0.1, 0.15) is 5.84 Å². The number of rotatable bonds is 5. The minimum absolute atomic E-state index is 0.0197. The van der Waals surface area contributed by atoms with E-state index in [2.05, 4.69) is 4.98 Å². The van der Waals surface area contributed by atoms with Crippen molar-refractivity contribution in [2.45, 2.75) is 6.92 Å². The fourth-order valence-corrected chi connectivity index (χ4v) is 1.52. The number of nitrogen functional groups attached to an aromatic ring is 1. The van der Waals surface area contributed by atoms with E-state index < -0.39 is 0 Å². The van der Waals surface area contributed by atoms with Crippen molar-refractivity contribution >= 4 is 5.84 Å². The SMILES string of the molecule is CCOc1ccccc1Oc1ccc(C(=N)N)cn1. The van der Waals surface area contributed by atoms with E-state index in [-0.39, 0.29) is 5.84 Å². The number of aromatic nitrogens is 1. The van der Waals surface area contributed by atoms with Gasteiger partial charge in [-0.05, 0) is 25.1 Å². The molecule has 2 aromatic rings. The van der Waals surface area contributed by atoms with Gasteiger partial charge >= 0.3 is 0 Å². The normalized spacial score (nSPS) is 9.95. The molecule has 0 aliphatic heterocycles. The number of nitrogens with one attached hydrogen (secondary N) is 1. The molecule has 0 bridgehead atoms. The van der Waals surface area contributed by atoms with E-state index >= 15 is 0 Å². The molecule has 1 aromatic carbocycles. The lowest BCUT2D eigenvalue weighted by atomic mass is 10.2. The third-order valence-corrected chi connectivity index (χ3v) is 2.41. The molecule has 0 amide bonds. The zero-order chi connectivity index (χ0) is 13.7. The van der Waals surface area contributed by atoms with Crippen molar-refractivity contribution in [3.63, 3.8) is 0 Å². The van der Waals surface area contributed by atoms with Crippen LogP contribution < -0.4 is 15.2 Å². The summed E-state index contributed by atoms with van der Waals surface area (Å²) in [7, 11) is 0. The van der Waals surface area contributed by atoms with Gasteiger partial charge in [-0.15, -0.1) is 0 Å². The maximum absolute atomic E-state index is 7.29. The summed E-state index contributed by atoms with van der Waals surface area (Å²) in [5, 5.41) is 7.29. The first-order valence-corrected chi connectivity index (χ1v) is 5.91. The zero-order valence-electron chi connectivity index (χ0n) is 10.6. The molecular formula is C14H15N3O2. The molecule has 0 spiro atoms. The molecule has 5 nitrogen and oxygen atoms in total. The predicted molar refractivity (Wildman–Crippen MR) is 72.9 cm³/mol. The van der Waals surface area contributed by atoms with Crippen LogP contribution in [0.5, 0.6) is 17.4 Å². The molecule has 0 atom stereocenters. The molecule has 1 heterocycles. The van der Waals surface area contributed by atoms with E-state index in [0.29, 0.717) is 29.5 Å². The summed E-state index contributed by atoms with van der Waals surface area (Å²) in [5.74, 6) is 1.68. The molecule has 5 heteroatoms. The van der Waals surface area contributed by atoms with E-state index in [1.54, 1.807) is 12.1 Å². The Kier molecular flexibility index (Phi) is 3.97. The number of amidine groups is 1. The van der Waals surface area contributed by atoms with E-state index in [9.17, 15) is 0 Å².